The molecule has 1 amide bonds. The molecule has 0 unspecified atom stereocenters. The minimum atomic E-state index is -0.236. The lowest BCUT2D eigenvalue weighted by molar-refractivity contribution is -0.111. The molecule has 252 valence electrons. The van der Waals surface area contributed by atoms with Crippen LogP contribution >= 0.6 is 0 Å². The van der Waals surface area contributed by atoms with Crippen LogP contribution in [0, 0.1) is 5.92 Å². The summed E-state index contributed by atoms with van der Waals surface area (Å²) in [5.74, 6) is 2.31. The second kappa shape index (κ2) is 15.9. The van der Waals surface area contributed by atoms with Gasteiger partial charge in [-0.1, -0.05) is 62.9 Å². The lowest BCUT2D eigenvalue weighted by atomic mass is 9.94. The summed E-state index contributed by atoms with van der Waals surface area (Å²) >= 11 is 0. The Hall–Kier alpha value is -4.80. The van der Waals surface area contributed by atoms with Crippen molar-refractivity contribution in [2.24, 2.45) is 15.9 Å². The summed E-state index contributed by atoms with van der Waals surface area (Å²) in [7, 11) is 5.91. The average molecular weight is 649 g/mol. The summed E-state index contributed by atoms with van der Waals surface area (Å²) in [6.07, 6.45) is 10.1. The molecule has 5 rings (SSSR count). The normalized spacial score (nSPS) is 21.2. The number of hydrogen-bond donors (Lipinski definition) is 4. The van der Waals surface area contributed by atoms with E-state index in [1.54, 1.807) is 12.3 Å². The first-order valence-electron chi connectivity index (χ1n) is 16.7. The highest BCUT2D eigenvalue weighted by atomic mass is 16.3. The van der Waals surface area contributed by atoms with Crippen LogP contribution in [0.15, 0.2) is 101 Å². The smallest absolute Gasteiger partial charge is 0.248 e. The van der Waals surface area contributed by atoms with Crippen molar-refractivity contribution >= 4 is 34.3 Å². The summed E-state index contributed by atoms with van der Waals surface area (Å²) in [6, 6.07) is 16.2. The van der Waals surface area contributed by atoms with Crippen molar-refractivity contribution in [3.63, 3.8) is 0 Å². The number of aliphatic imine (C=N–C) groups is 2. The predicted molar refractivity (Wildman–Crippen MR) is 196 cm³/mol. The third-order valence-electron chi connectivity index (χ3n) is 8.66. The van der Waals surface area contributed by atoms with Gasteiger partial charge in [-0.3, -0.25) is 15.1 Å². The number of anilines is 1. The lowest BCUT2D eigenvalue weighted by Gasteiger charge is -2.35. The van der Waals surface area contributed by atoms with Crippen molar-refractivity contribution in [1.29, 1.82) is 0 Å². The van der Waals surface area contributed by atoms with E-state index in [0.717, 1.165) is 70.4 Å². The fourth-order valence-corrected chi connectivity index (χ4v) is 6.05. The van der Waals surface area contributed by atoms with Crippen molar-refractivity contribution in [1.82, 2.24) is 25.4 Å². The van der Waals surface area contributed by atoms with E-state index >= 15 is 0 Å². The van der Waals surface area contributed by atoms with Crippen molar-refractivity contribution < 1.29 is 9.90 Å². The number of pyridine rings is 1. The van der Waals surface area contributed by atoms with Crippen LogP contribution in [0.3, 0.4) is 0 Å². The summed E-state index contributed by atoms with van der Waals surface area (Å²) in [6.45, 7) is 9.48. The van der Waals surface area contributed by atoms with Gasteiger partial charge in [0.2, 0.25) is 17.8 Å². The van der Waals surface area contributed by atoms with E-state index in [4.69, 9.17) is 15.0 Å². The van der Waals surface area contributed by atoms with Gasteiger partial charge in [-0.2, -0.15) is 0 Å². The number of aliphatic hydroxyl groups excluding tert-OH is 1. The molecule has 10 heteroatoms. The first-order chi connectivity index (χ1) is 23.1. The maximum Gasteiger partial charge on any atom is 0.248 e. The number of likely N-dealkylation sites (N-methyl/N-ethyl adjacent to an activating group) is 1. The summed E-state index contributed by atoms with van der Waals surface area (Å²) < 4.78 is 0. The third-order valence-corrected chi connectivity index (χ3v) is 8.66. The quantitative estimate of drug-likeness (QED) is 0.210. The Morgan fingerprint density at radius 1 is 1.15 bits per heavy atom. The largest absolute Gasteiger partial charge is 0.393 e. The van der Waals surface area contributed by atoms with Crippen LogP contribution in [0.1, 0.15) is 45.1 Å². The van der Waals surface area contributed by atoms with Crippen LogP contribution < -0.4 is 16.0 Å². The highest BCUT2D eigenvalue weighted by Crippen LogP contribution is 2.31. The molecule has 2 aliphatic rings. The number of hydrogen-bond acceptors (Lipinski definition) is 6. The molecule has 0 atom stereocenters. The molecule has 1 aliphatic carbocycles. The fraction of sp³-hybridized carbons (Fsp3) is 0.368. The first kappa shape index (κ1) is 34.5. The zero-order valence-corrected chi connectivity index (χ0v) is 28.7. The Morgan fingerprint density at radius 3 is 2.65 bits per heavy atom. The number of allylic oxidation sites excluding steroid dienone is 2. The van der Waals surface area contributed by atoms with Gasteiger partial charge < -0.3 is 25.5 Å². The number of aromatic nitrogens is 1. The molecule has 2 heterocycles. The highest BCUT2D eigenvalue weighted by Gasteiger charge is 2.27. The number of carbonyl (C=O) groups is 1. The van der Waals surface area contributed by atoms with E-state index in [1.165, 1.54) is 0 Å². The van der Waals surface area contributed by atoms with Crippen LogP contribution in [-0.4, -0.2) is 77.6 Å². The molecule has 1 aromatic heterocycles. The molecule has 3 aromatic rings. The number of rotatable bonds is 10. The van der Waals surface area contributed by atoms with E-state index in [1.807, 2.05) is 79.5 Å². The van der Waals surface area contributed by atoms with Crippen LogP contribution in [0.2, 0.25) is 0 Å². The monoisotopic (exact) mass is 648 g/mol. The number of fused-ring (bicyclic) bond motifs is 1. The highest BCUT2D eigenvalue weighted by molar-refractivity contribution is 6.04. The summed E-state index contributed by atoms with van der Waals surface area (Å²) in [4.78, 5) is 31.4. The minimum absolute atomic E-state index is 0.132. The van der Waals surface area contributed by atoms with Crippen LogP contribution in [0.25, 0.3) is 22.0 Å². The Labute approximate surface area is 284 Å². The summed E-state index contributed by atoms with van der Waals surface area (Å²) in [5, 5.41) is 21.9. The molecule has 0 bridgehead atoms. The number of nitrogens with one attached hydrogen (secondary N) is 3. The van der Waals surface area contributed by atoms with E-state index in [-0.39, 0.29) is 24.0 Å². The zero-order valence-electron chi connectivity index (χ0n) is 28.7. The standard InChI is InChI=1S/C38H48N8O2/c1-7-31(25(2)3)36-43-37(42-28-14-17-30(47)18-15-28)44-38(46(36)6)40-24-27-11-8-9-12-32(27)35-33-19-16-29(23-26(33)20-21-39-35)41-34(48)13-10-22-45(4)5/h7-13,16,19-21,23,25,28,30,47H,1,14-15,17-18,22,24H2,2-6H3,(H,41,48)(H2,40,42,43,44)/b13-10+,36-31+. The number of amides is 1. The molecule has 0 spiro atoms. The number of benzene rings is 2. The molecule has 10 nitrogen and oxygen atoms in total. The van der Waals surface area contributed by atoms with E-state index in [0.29, 0.717) is 25.0 Å². The molecular weight excluding hydrogens is 600 g/mol. The van der Waals surface area contributed by atoms with Gasteiger partial charge >= 0.3 is 0 Å². The molecule has 1 saturated heterocycles. The maximum atomic E-state index is 12.5. The number of nitrogens with zero attached hydrogens (tertiary/aromatic N) is 5. The zero-order chi connectivity index (χ0) is 34.2. The van der Waals surface area contributed by atoms with Crippen molar-refractivity contribution in [2.45, 2.75) is 58.2 Å². The second-order valence-corrected chi connectivity index (χ2v) is 13.0. The molecular formula is C38H48N8O2. The molecule has 4 N–H and O–H groups in total. The van der Waals surface area contributed by atoms with Gasteiger partial charge in [0.1, 0.15) is 5.82 Å². The van der Waals surface area contributed by atoms with Crippen LogP contribution in [0.4, 0.5) is 5.69 Å². The fourth-order valence-electron chi connectivity index (χ4n) is 6.05. The Bertz CT molecular complexity index is 1750. The molecule has 2 aromatic carbocycles. The molecule has 0 radical (unpaired) electrons. The lowest BCUT2D eigenvalue weighted by Crippen LogP contribution is -2.57. The van der Waals surface area contributed by atoms with Crippen molar-refractivity contribution in [3.05, 3.63) is 96.5 Å². The Morgan fingerprint density at radius 2 is 1.92 bits per heavy atom. The Kier molecular flexibility index (Phi) is 11.4. The number of carbonyl (C=O) groups excluding carboxylic acids is 1. The van der Waals surface area contributed by atoms with Crippen molar-refractivity contribution in [2.75, 3.05) is 33.0 Å². The number of aliphatic hydroxyl groups is 1. The molecule has 48 heavy (non-hydrogen) atoms. The molecule has 1 aliphatic heterocycles. The van der Waals surface area contributed by atoms with Gasteiger partial charge in [0.15, 0.2) is 0 Å². The third kappa shape index (κ3) is 8.56. The maximum absolute atomic E-state index is 12.5. The van der Waals surface area contributed by atoms with Crippen LogP contribution in [0.5, 0.6) is 0 Å². The number of guanidine groups is 2. The Balaban J connectivity index is 1.43. The molecule has 2 fully saturated rings. The average Bonchev–Trinajstić information content (AvgIpc) is 3.06. The van der Waals surface area contributed by atoms with E-state index in [9.17, 15) is 9.90 Å². The van der Waals surface area contributed by atoms with E-state index in [2.05, 4.69) is 48.5 Å². The van der Waals surface area contributed by atoms with Gasteiger partial charge in [0.25, 0.3) is 0 Å². The predicted octanol–water partition coefficient (Wildman–Crippen LogP) is 5.65. The minimum Gasteiger partial charge on any atom is -0.393 e. The van der Waals surface area contributed by atoms with Gasteiger partial charge in [0.05, 0.1) is 24.4 Å². The molecule has 1 saturated carbocycles. The van der Waals surface area contributed by atoms with Gasteiger partial charge in [-0.15, -0.1) is 0 Å². The first-order valence-corrected chi connectivity index (χ1v) is 16.7. The summed E-state index contributed by atoms with van der Waals surface area (Å²) in [5.41, 5.74) is 4.67. The van der Waals surface area contributed by atoms with Gasteiger partial charge in [0, 0.05) is 42.5 Å². The van der Waals surface area contributed by atoms with Gasteiger partial charge in [-0.05, 0) is 80.4 Å². The van der Waals surface area contributed by atoms with Crippen molar-refractivity contribution in [3.8, 4) is 11.3 Å². The topological polar surface area (TPSA) is 117 Å². The van der Waals surface area contributed by atoms with Crippen LogP contribution in [-0.2, 0) is 11.3 Å². The SMILES string of the molecule is C=C/C(=C1/NC(=NC2CCC(O)CC2)NC(=NCc2ccccc2-c2nccc3cc(NC(=O)/C=C/CN(C)C)ccc23)N1C)C(C)C. The van der Waals surface area contributed by atoms with E-state index < -0.39 is 0 Å². The second-order valence-electron chi connectivity index (χ2n) is 13.0. The van der Waals surface area contributed by atoms with Gasteiger partial charge in [-0.25, -0.2) is 9.98 Å².